The Labute approximate surface area is 175 Å². The summed E-state index contributed by atoms with van der Waals surface area (Å²) in [4.78, 5) is 16.3. The molecular formula is C19H15ClN6O2S. The number of hydrogen-bond donors (Lipinski definition) is 1. The minimum absolute atomic E-state index is 0.0961. The smallest absolute Gasteiger partial charge is 0.277 e. The zero-order chi connectivity index (χ0) is 20.2. The van der Waals surface area contributed by atoms with Gasteiger partial charge in [-0.15, -0.1) is 10.2 Å². The highest BCUT2D eigenvalue weighted by Gasteiger charge is 2.14. The molecule has 0 radical (unpaired) electrons. The lowest BCUT2D eigenvalue weighted by molar-refractivity contribution is -0.113. The van der Waals surface area contributed by atoms with Gasteiger partial charge in [-0.05, 0) is 37.3 Å². The highest BCUT2D eigenvalue weighted by Crippen LogP contribution is 2.26. The van der Waals surface area contributed by atoms with Crippen LogP contribution < -0.4 is 5.32 Å². The van der Waals surface area contributed by atoms with Crippen LogP contribution in [0, 0.1) is 6.92 Å². The van der Waals surface area contributed by atoms with Crippen LogP contribution >= 0.6 is 23.4 Å². The number of aromatic nitrogens is 5. The van der Waals surface area contributed by atoms with Crippen LogP contribution in [0.1, 0.15) is 5.56 Å². The van der Waals surface area contributed by atoms with Crippen molar-refractivity contribution in [2.45, 2.75) is 12.1 Å². The highest BCUT2D eigenvalue weighted by molar-refractivity contribution is 7.99. The molecule has 2 aromatic heterocycles. The number of thioether (sulfide) groups is 1. The van der Waals surface area contributed by atoms with Gasteiger partial charge in [0.25, 0.3) is 5.22 Å². The van der Waals surface area contributed by atoms with E-state index in [1.54, 1.807) is 29.2 Å². The third-order valence-electron chi connectivity index (χ3n) is 3.93. The Morgan fingerprint density at radius 3 is 2.79 bits per heavy atom. The van der Waals surface area contributed by atoms with Gasteiger partial charge in [-0.1, -0.05) is 41.1 Å². The van der Waals surface area contributed by atoms with Crippen LogP contribution in [0.5, 0.6) is 0 Å². The lowest BCUT2D eigenvalue weighted by Crippen LogP contribution is -2.16. The van der Waals surface area contributed by atoms with Gasteiger partial charge in [0.2, 0.25) is 11.8 Å². The summed E-state index contributed by atoms with van der Waals surface area (Å²) in [5, 5.41) is 15.8. The number of nitrogens with one attached hydrogen (secondary N) is 1. The van der Waals surface area contributed by atoms with Crippen LogP contribution in [0.15, 0.2) is 64.8 Å². The molecule has 0 aliphatic heterocycles. The molecule has 4 rings (SSSR count). The summed E-state index contributed by atoms with van der Waals surface area (Å²) in [6.45, 7) is 2.01. The third-order valence-corrected chi connectivity index (χ3v) is 4.98. The molecule has 0 aliphatic carbocycles. The molecule has 146 valence electrons. The summed E-state index contributed by atoms with van der Waals surface area (Å²) in [6, 6.07) is 12.9. The fourth-order valence-corrected chi connectivity index (χ4v) is 3.27. The molecule has 4 aromatic rings. The third kappa shape index (κ3) is 4.64. The lowest BCUT2D eigenvalue weighted by atomic mass is 10.1. The summed E-state index contributed by atoms with van der Waals surface area (Å²) >= 11 is 7.22. The van der Waals surface area contributed by atoms with Crippen LogP contribution in [0.3, 0.4) is 0 Å². The fourth-order valence-electron chi connectivity index (χ4n) is 2.54. The van der Waals surface area contributed by atoms with Crippen molar-refractivity contribution in [3.05, 3.63) is 65.7 Å². The number of anilines is 1. The van der Waals surface area contributed by atoms with E-state index in [9.17, 15) is 4.79 Å². The second-order valence-electron chi connectivity index (χ2n) is 6.08. The minimum atomic E-state index is -0.242. The quantitative estimate of drug-likeness (QED) is 0.465. The normalized spacial score (nSPS) is 10.8. The van der Waals surface area contributed by atoms with E-state index in [-0.39, 0.29) is 11.7 Å². The van der Waals surface area contributed by atoms with Crippen LogP contribution in [0.2, 0.25) is 5.02 Å². The number of hydrogen-bond acceptors (Lipinski definition) is 7. The zero-order valence-electron chi connectivity index (χ0n) is 15.2. The molecule has 0 unspecified atom stereocenters. The second-order valence-corrected chi connectivity index (χ2v) is 7.44. The molecule has 0 aliphatic rings. The van der Waals surface area contributed by atoms with E-state index in [1.165, 1.54) is 6.33 Å². The molecule has 10 heteroatoms. The van der Waals surface area contributed by atoms with Crippen LogP contribution in [-0.4, -0.2) is 36.6 Å². The first-order chi connectivity index (χ1) is 14.1. The molecule has 1 amide bonds. The van der Waals surface area contributed by atoms with E-state index in [0.29, 0.717) is 27.5 Å². The maximum absolute atomic E-state index is 12.4. The van der Waals surface area contributed by atoms with E-state index in [4.69, 9.17) is 16.0 Å². The molecule has 0 bridgehead atoms. The molecule has 0 saturated heterocycles. The number of nitrogens with zero attached hydrogens (tertiary/aromatic N) is 5. The number of carbonyl (C=O) groups excluding carboxylic acids is 1. The van der Waals surface area contributed by atoms with E-state index in [0.717, 1.165) is 22.9 Å². The number of carbonyl (C=O) groups is 1. The Morgan fingerprint density at radius 1 is 1.21 bits per heavy atom. The van der Waals surface area contributed by atoms with E-state index in [2.05, 4.69) is 25.6 Å². The predicted octanol–water partition coefficient (Wildman–Crippen LogP) is 4.01. The lowest BCUT2D eigenvalue weighted by Gasteiger charge is -2.10. The van der Waals surface area contributed by atoms with Crippen molar-refractivity contribution in [1.29, 1.82) is 0 Å². The topological polar surface area (TPSA) is 98.7 Å². The predicted molar refractivity (Wildman–Crippen MR) is 110 cm³/mol. The fraction of sp³-hybridized carbons (Fsp3) is 0.105. The number of rotatable bonds is 6. The van der Waals surface area contributed by atoms with Gasteiger partial charge < -0.3 is 9.73 Å². The standard InChI is InChI=1S/C19H15ClN6O2S/c1-12-2-4-13(5-3-12)18-24-25-19(28-18)29-9-17(27)23-15-8-14(20)6-7-16(15)26-11-21-10-22-26/h2-8,10-11H,9H2,1H3,(H,23,27). The van der Waals surface area contributed by atoms with Gasteiger partial charge in [0, 0.05) is 10.6 Å². The zero-order valence-corrected chi connectivity index (χ0v) is 16.8. The van der Waals surface area contributed by atoms with Gasteiger partial charge in [-0.2, -0.15) is 5.10 Å². The number of halogens is 1. The first-order valence-corrected chi connectivity index (χ1v) is 9.92. The van der Waals surface area contributed by atoms with Crippen molar-refractivity contribution in [3.8, 4) is 17.1 Å². The summed E-state index contributed by atoms with van der Waals surface area (Å²) in [6.07, 6.45) is 2.95. The first-order valence-electron chi connectivity index (χ1n) is 8.56. The van der Waals surface area contributed by atoms with Gasteiger partial charge in [0.15, 0.2) is 0 Å². The molecular weight excluding hydrogens is 412 g/mol. The van der Waals surface area contributed by atoms with Gasteiger partial charge >= 0.3 is 0 Å². The highest BCUT2D eigenvalue weighted by atomic mass is 35.5. The molecule has 0 fully saturated rings. The Kier molecular flexibility index (Phi) is 5.59. The minimum Gasteiger partial charge on any atom is -0.411 e. The molecule has 2 heterocycles. The van der Waals surface area contributed by atoms with Crippen molar-refractivity contribution in [2.24, 2.45) is 0 Å². The molecule has 29 heavy (non-hydrogen) atoms. The van der Waals surface area contributed by atoms with Gasteiger partial charge in [0.1, 0.15) is 12.7 Å². The van der Waals surface area contributed by atoms with Crippen LogP contribution in [-0.2, 0) is 4.79 Å². The van der Waals surface area contributed by atoms with E-state index >= 15 is 0 Å². The van der Waals surface area contributed by atoms with E-state index < -0.39 is 0 Å². The van der Waals surface area contributed by atoms with Gasteiger partial charge in [-0.3, -0.25) is 4.79 Å². The number of aryl methyl sites for hydroxylation is 1. The molecule has 0 saturated carbocycles. The van der Waals surface area contributed by atoms with Gasteiger partial charge in [0.05, 0.1) is 17.1 Å². The van der Waals surface area contributed by atoms with Crippen molar-refractivity contribution in [2.75, 3.05) is 11.1 Å². The van der Waals surface area contributed by atoms with Crippen molar-refractivity contribution in [3.63, 3.8) is 0 Å². The van der Waals surface area contributed by atoms with Crippen molar-refractivity contribution < 1.29 is 9.21 Å². The van der Waals surface area contributed by atoms with Crippen LogP contribution in [0.4, 0.5) is 5.69 Å². The maximum atomic E-state index is 12.4. The molecule has 8 nitrogen and oxygen atoms in total. The Bertz CT molecular complexity index is 1130. The average Bonchev–Trinajstić information content (AvgIpc) is 3.39. The molecule has 2 aromatic carbocycles. The molecule has 1 N–H and O–H groups in total. The Balaban J connectivity index is 1.41. The second kappa shape index (κ2) is 8.46. The maximum Gasteiger partial charge on any atom is 0.277 e. The summed E-state index contributed by atoms with van der Waals surface area (Å²) in [5.74, 6) is 0.267. The van der Waals surface area contributed by atoms with Crippen molar-refractivity contribution in [1.82, 2.24) is 25.0 Å². The Hall–Kier alpha value is -3.17. The summed E-state index contributed by atoms with van der Waals surface area (Å²) < 4.78 is 7.18. The van der Waals surface area contributed by atoms with Gasteiger partial charge in [-0.25, -0.2) is 9.67 Å². The summed E-state index contributed by atoms with van der Waals surface area (Å²) in [7, 11) is 0. The number of benzene rings is 2. The molecule has 0 atom stereocenters. The SMILES string of the molecule is Cc1ccc(-c2nnc(SCC(=O)Nc3cc(Cl)ccc3-n3cncn3)o2)cc1. The summed E-state index contributed by atoms with van der Waals surface area (Å²) in [5.41, 5.74) is 3.16. The number of amides is 1. The van der Waals surface area contributed by atoms with Crippen molar-refractivity contribution >= 4 is 35.0 Å². The first kappa shape index (κ1) is 19.2. The average molecular weight is 427 g/mol. The largest absolute Gasteiger partial charge is 0.411 e. The Morgan fingerprint density at radius 2 is 2.03 bits per heavy atom. The molecule has 0 spiro atoms. The monoisotopic (exact) mass is 426 g/mol. The van der Waals surface area contributed by atoms with E-state index in [1.807, 2.05) is 31.2 Å². The van der Waals surface area contributed by atoms with Crippen LogP contribution in [0.25, 0.3) is 17.1 Å².